The Hall–Kier alpha value is -3.83. The van der Waals surface area contributed by atoms with E-state index in [1.165, 1.54) is 4.90 Å². The second-order valence-corrected chi connectivity index (χ2v) is 10.4. The zero-order valence-electron chi connectivity index (χ0n) is 21.6. The molecule has 3 aliphatic heterocycles. The summed E-state index contributed by atoms with van der Waals surface area (Å²) in [6.07, 6.45) is 0.850. The zero-order chi connectivity index (χ0) is 27.1. The SMILES string of the molecule is CCOC(=O)[C@@H]1[C@@H]2CCC3(O2)C(C(=O)NCn2nnc4ccccc42)N([C@@H](CO)Cc2ccccc2)C(=O)[C@H]13. The number of benzene rings is 2. The number of aliphatic hydroxyl groups is 1. The van der Waals surface area contributed by atoms with E-state index in [9.17, 15) is 19.5 Å². The molecule has 0 radical (unpaired) electrons. The first-order valence-corrected chi connectivity index (χ1v) is 13.4. The van der Waals surface area contributed by atoms with Crippen molar-refractivity contribution in [2.24, 2.45) is 11.8 Å². The number of carbonyl (C=O) groups is 3. The predicted octanol–water partition coefficient (Wildman–Crippen LogP) is 1.05. The highest BCUT2D eigenvalue weighted by molar-refractivity contribution is 5.98. The third-order valence-electron chi connectivity index (χ3n) is 8.29. The minimum atomic E-state index is -1.18. The van der Waals surface area contributed by atoms with E-state index in [0.717, 1.165) is 11.1 Å². The minimum absolute atomic E-state index is 0.0336. The van der Waals surface area contributed by atoms with Crippen molar-refractivity contribution in [1.82, 2.24) is 25.2 Å². The number of aromatic nitrogens is 3. The number of para-hydroxylation sites is 1. The summed E-state index contributed by atoms with van der Waals surface area (Å²) in [7, 11) is 0. The number of fused-ring (bicyclic) bond motifs is 2. The van der Waals surface area contributed by atoms with E-state index in [1.807, 2.05) is 54.6 Å². The molecule has 2 unspecified atom stereocenters. The Balaban J connectivity index is 1.34. The van der Waals surface area contributed by atoms with E-state index in [-0.39, 0.29) is 25.8 Å². The van der Waals surface area contributed by atoms with E-state index in [1.54, 1.807) is 11.6 Å². The van der Waals surface area contributed by atoms with Crippen LogP contribution < -0.4 is 5.32 Å². The molecule has 4 heterocycles. The number of ether oxygens (including phenoxy) is 2. The lowest BCUT2D eigenvalue weighted by Crippen LogP contribution is -2.58. The molecule has 39 heavy (non-hydrogen) atoms. The maximum absolute atomic E-state index is 14.1. The van der Waals surface area contributed by atoms with Gasteiger partial charge in [0.2, 0.25) is 11.8 Å². The molecule has 0 aliphatic carbocycles. The molecule has 1 spiro atoms. The third kappa shape index (κ3) is 4.07. The monoisotopic (exact) mass is 533 g/mol. The number of amides is 2. The average molecular weight is 534 g/mol. The van der Waals surface area contributed by atoms with Gasteiger partial charge < -0.3 is 24.8 Å². The number of carbonyl (C=O) groups excluding carboxylic acids is 3. The van der Waals surface area contributed by atoms with Crippen molar-refractivity contribution in [1.29, 1.82) is 0 Å². The molecule has 3 fully saturated rings. The van der Waals surface area contributed by atoms with Gasteiger partial charge in [-0.15, -0.1) is 5.10 Å². The van der Waals surface area contributed by atoms with Crippen LogP contribution in [-0.4, -0.2) is 79.8 Å². The van der Waals surface area contributed by atoms with Crippen LogP contribution in [0.5, 0.6) is 0 Å². The fourth-order valence-corrected chi connectivity index (χ4v) is 6.71. The maximum atomic E-state index is 14.1. The summed E-state index contributed by atoms with van der Waals surface area (Å²) in [6, 6.07) is 15.2. The van der Waals surface area contributed by atoms with Gasteiger partial charge >= 0.3 is 5.97 Å². The van der Waals surface area contributed by atoms with Crippen LogP contribution in [0.15, 0.2) is 54.6 Å². The fourth-order valence-electron chi connectivity index (χ4n) is 6.71. The van der Waals surface area contributed by atoms with Crippen LogP contribution in [0.4, 0.5) is 0 Å². The lowest BCUT2D eigenvalue weighted by Gasteiger charge is -2.36. The van der Waals surface area contributed by atoms with Crippen molar-refractivity contribution in [2.75, 3.05) is 13.2 Å². The van der Waals surface area contributed by atoms with Gasteiger partial charge in [-0.05, 0) is 43.9 Å². The van der Waals surface area contributed by atoms with Crippen LogP contribution in [0, 0.1) is 11.8 Å². The summed E-state index contributed by atoms with van der Waals surface area (Å²) < 4.78 is 13.3. The molecule has 2 aromatic carbocycles. The molecule has 0 saturated carbocycles. The lowest BCUT2D eigenvalue weighted by molar-refractivity contribution is -0.155. The summed E-state index contributed by atoms with van der Waals surface area (Å²) in [6.45, 7) is 1.58. The molecule has 2 bridgehead atoms. The van der Waals surface area contributed by atoms with Crippen molar-refractivity contribution in [2.45, 2.75) is 56.6 Å². The van der Waals surface area contributed by atoms with Gasteiger partial charge in [-0.2, -0.15) is 0 Å². The summed E-state index contributed by atoms with van der Waals surface area (Å²) in [5.74, 6) is -2.93. The highest BCUT2D eigenvalue weighted by atomic mass is 16.6. The number of aliphatic hydroxyl groups excluding tert-OH is 1. The van der Waals surface area contributed by atoms with Crippen LogP contribution >= 0.6 is 0 Å². The largest absolute Gasteiger partial charge is 0.466 e. The third-order valence-corrected chi connectivity index (χ3v) is 8.29. The van der Waals surface area contributed by atoms with Crippen LogP contribution in [0.2, 0.25) is 0 Å². The first kappa shape index (κ1) is 25.4. The minimum Gasteiger partial charge on any atom is -0.466 e. The molecular formula is C28H31N5O6. The Bertz CT molecular complexity index is 1400. The highest BCUT2D eigenvalue weighted by Crippen LogP contribution is 2.59. The van der Waals surface area contributed by atoms with E-state index < -0.39 is 47.5 Å². The van der Waals surface area contributed by atoms with Crippen molar-refractivity contribution in [3.05, 3.63) is 60.2 Å². The first-order chi connectivity index (χ1) is 19.0. The standard InChI is InChI=1S/C28H31N5O6/c1-2-38-27(37)22-21-12-13-28(39-21)23(22)26(36)33(18(15-34)14-17-8-4-3-5-9-17)24(28)25(35)29-16-32-20-11-7-6-10-19(20)30-31-32/h3-11,18,21-24,34H,2,12-16H2,1H3,(H,29,35)/t18-,21+,22-,23+,24?,28?/m1/s1. The van der Waals surface area contributed by atoms with Gasteiger partial charge in [-0.25, -0.2) is 4.68 Å². The van der Waals surface area contributed by atoms with Crippen LogP contribution in [-0.2, 0) is 36.9 Å². The predicted molar refractivity (Wildman–Crippen MR) is 138 cm³/mol. The number of nitrogens with zero attached hydrogens (tertiary/aromatic N) is 4. The van der Waals surface area contributed by atoms with Crippen molar-refractivity contribution >= 4 is 28.8 Å². The second kappa shape index (κ2) is 10.0. The molecule has 3 aliphatic rings. The molecule has 6 rings (SSSR count). The molecule has 204 valence electrons. The van der Waals surface area contributed by atoms with Gasteiger partial charge in [0.05, 0.1) is 42.7 Å². The summed E-state index contributed by atoms with van der Waals surface area (Å²) in [5.41, 5.74) is 1.18. The van der Waals surface area contributed by atoms with E-state index >= 15 is 0 Å². The van der Waals surface area contributed by atoms with Crippen LogP contribution in [0.25, 0.3) is 11.0 Å². The van der Waals surface area contributed by atoms with Gasteiger partial charge in [0.1, 0.15) is 23.8 Å². The Labute approximate surface area is 225 Å². The van der Waals surface area contributed by atoms with Gasteiger partial charge in [0.15, 0.2) is 0 Å². The van der Waals surface area contributed by atoms with Crippen LogP contribution in [0.3, 0.4) is 0 Å². The van der Waals surface area contributed by atoms with E-state index in [0.29, 0.717) is 24.8 Å². The number of hydrogen-bond acceptors (Lipinski definition) is 8. The second-order valence-electron chi connectivity index (χ2n) is 10.4. The molecular weight excluding hydrogens is 502 g/mol. The number of likely N-dealkylation sites (tertiary alicyclic amines) is 1. The average Bonchev–Trinajstić information content (AvgIpc) is 3.70. The molecule has 6 atom stereocenters. The van der Waals surface area contributed by atoms with Gasteiger partial charge in [0.25, 0.3) is 0 Å². The Morgan fingerprint density at radius 1 is 1.21 bits per heavy atom. The molecule has 11 nitrogen and oxygen atoms in total. The number of esters is 1. The summed E-state index contributed by atoms with van der Waals surface area (Å²) in [5, 5.41) is 21.7. The molecule has 1 aromatic heterocycles. The number of rotatable bonds is 9. The van der Waals surface area contributed by atoms with Gasteiger partial charge in [0, 0.05) is 0 Å². The quantitative estimate of drug-likeness (QED) is 0.390. The Morgan fingerprint density at radius 2 is 1.97 bits per heavy atom. The molecule has 3 aromatic rings. The van der Waals surface area contributed by atoms with Crippen LogP contribution in [0.1, 0.15) is 25.3 Å². The molecule has 11 heteroatoms. The maximum Gasteiger partial charge on any atom is 0.312 e. The zero-order valence-corrected chi connectivity index (χ0v) is 21.6. The molecule has 3 saturated heterocycles. The van der Waals surface area contributed by atoms with E-state index in [2.05, 4.69) is 15.6 Å². The van der Waals surface area contributed by atoms with Crippen molar-refractivity contribution in [3.63, 3.8) is 0 Å². The normalized spacial score (nSPS) is 28.1. The van der Waals surface area contributed by atoms with Crippen molar-refractivity contribution in [3.8, 4) is 0 Å². The van der Waals surface area contributed by atoms with Gasteiger partial charge in [-0.3, -0.25) is 14.4 Å². The summed E-state index contributed by atoms with van der Waals surface area (Å²) in [4.78, 5) is 42.6. The highest BCUT2D eigenvalue weighted by Gasteiger charge is 2.75. The smallest absolute Gasteiger partial charge is 0.312 e. The van der Waals surface area contributed by atoms with Crippen molar-refractivity contribution < 1.29 is 29.0 Å². The number of hydrogen-bond donors (Lipinski definition) is 2. The summed E-state index contributed by atoms with van der Waals surface area (Å²) >= 11 is 0. The molecule has 2 N–H and O–H groups in total. The number of nitrogens with one attached hydrogen (secondary N) is 1. The Morgan fingerprint density at radius 3 is 2.74 bits per heavy atom. The fraction of sp³-hybridized carbons (Fsp3) is 0.464. The van der Waals surface area contributed by atoms with E-state index in [4.69, 9.17) is 9.47 Å². The molecule has 2 amide bonds. The first-order valence-electron chi connectivity index (χ1n) is 13.4. The lowest BCUT2D eigenvalue weighted by atomic mass is 9.71. The van der Waals surface area contributed by atoms with Gasteiger partial charge in [-0.1, -0.05) is 47.7 Å². The topological polar surface area (TPSA) is 136 Å². The Kier molecular flexibility index (Phi) is 6.56.